The number of aryl methyl sites for hydroxylation is 2. The van der Waals surface area contributed by atoms with Crippen molar-refractivity contribution in [2.24, 2.45) is 10.9 Å². The van der Waals surface area contributed by atoms with Crippen LogP contribution in [0.3, 0.4) is 0 Å². The van der Waals surface area contributed by atoms with Gasteiger partial charge in [-0.3, -0.25) is 19.4 Å². The normalized spacial score (nSPS) is 21.1. The smallest absolute Gasteiger partial charge is 0.247 e. The van der Waals surface area contributed by atoms with Gasteiger partial charge < -0.3 is 61.1 Å². The molecule has 0 spiro atoms. The summed E-state index contributed by atoms with van der Waals surface area (Å²) in [6.07, 6.45) is 27.1. The van der Waals surface area contributed by atoms with Crippen molar-refractivity contribution >= 4 is 87.9 Å². The molecule has 3 unspecified atom stereocenters. The molecule has 3 amide bonds. The summed E-state index contributed by atoms with van der Waals surface area (Å²) in [5.74, 6) is 4.26. The van der Waals surface area contributed by atoms with E-state index in [1.54, 1.807) is 9.03 Å². The Bertz CT molecular complexity index is 3640. The van der Waals surface area contributed by atoms with Crippen molar-refractivity contribution in [3.05, 3.63) is 91.4 Å². The largest absolute Gasteiger partial charge is 0.396 e. The molecule has 6 atom stereocenters. The number of benzene rings is 1. The molecule has 7 N–H and O–H groups in total. The van der Waals surface area contributed by atoms with Crippen molar-refractivity contribution in [2.75, 3.05) is 102 Å². The van der Waals surface area contributed by atoms with Crippen LogP contribution >= 0.6 is 0 Å². The third-order valence-electron chi connectivity index (χ3n) is 19.0. The fourth-order valence-electron chi connectivity index (χ4n) is 13.9. The van der Waals surface area contributed by atoms with Gasteiger partial charge >= 0.3 is 0 Å². The van der Waals surface area contributed by atoms with Crippen LogP contribution in [0.1, 0.15) is 153 Å². The molecule has 5 saturated heterocycles. The number of aliphatic imine (C=N–C) groups is 1. The Morgan fingerprint density at radius 1 is 0.589 bits per heavy atom. The first kappa shape index (κ1) is 69.2. The van der Waals surface area contributed by atoms with Crippen LogP contribution in [-0.4, -0.2) is 194 Å². The van der Waals surface area contributed by atoms with Gasteiger partial charge in [0.25, 0.3) is 0 Å². The molecule has 1 aromatic carbocycles. The number of piperidine rings is 5. The van der Waals surface area contributed by atoms with E-state index >= 15 is 0 Å². The lowest BCUT2D eigenvalue weighted by Crippen LogP contribution is -2.45. The summed E-state index contributed by atoms with van der Waals surface area (Å²) < 4.78 is 3.49. The maximum atomic E-state index is 12.1. The van der Waals surface area contributed by atoms with Crippen molar-refractivity contribution in [3.63, 3.8) is 0 Å². The Hall–Kier alpha value is -8.62. The van der Waals surface area contributed by atoms with Crippen molar-refractivity contribution in [1.82, 2.24) is 58.9 Å². The number of nitrogens with one attached hydrogen (secondary N) is 4. The Morgan fingerprint density at radius 2 is 1.08 bits per heavy atom. The van der Waals surface area contributed by atoms with Crippen LogP contribution in [0, 0.1) is 5.92 Å². The number of hydrogen-bond acceptors (Lipinski definition) is 21. The Morgan fingerprint density at radius 3 is 1.58 bits per heavy atom. The zero-order valence-electron chi connectivity index (χ0n) is 56.0. The summed E-state index contributed by atoms with van der Waals surface area (Å²) in [7, 11) is 0. The molecule has 6 aliphatic heterocycles. The van der Waals surface area contributed by atoms with E-state index in [4.69, 9.17) is 34.9 Å². The number of aliphatic hydroxyl groups excluding tert-OH is 3. The van der Waals surface area contributed by atoms with Crippen LogP contribution in [-0.2, 0) is 27.2 Å². The summed E-state index contributed by atoms with van der Waals surface area (Å²) >= 11 is 0. The number of fused-ring (bicyclic) bond motifs is 3. The molecule has 5 aromatic heterocycles. The van der Waals surface area contributed by atoms with Gasteiger partial charge in [-0.1, -0.05) is 53.5 Å². The quantitative estimate of drug-likeness (QED) is 0.0313. The first-order chi connectivity index (χ1) is 46.3. The van der Waals surface area contributed by atoms with E-state index in [0.717, 1.165) is 187 Å². The molecule has 0 bridgehead atoms. The highest BCUT2D eigenvalue weighted by Crippen LogP contribution is 2.42. The number of aliphatic hydroxyl groups is 3. The molecule has 0 aliphatic carbocycles. The summed E-state index contributed by atoms with van der Waals surface area (Å²) in [4.78, 5) is 80.4. The number of carbonyl (C=O) groups excluding carboxylic acids is 3. The van der Waals surface area contributed by atoms with Gasteiger partial charge in [-0.15, -0.1) is 0 Å². The molecule has 6 aliphatic rings. The van der Waals surface area contributed by atoms with Gasteiger partial charge in [0.15, 0.2) is 17.1 Å². The number of amides is 3. The van der Waals surface area contributed by atoms with Crippen molar-refractivity contribution < 1.29 is 29.7 Å². The number of aromatic nitrogens is 10. The molecule has 95 heavy (non-hydrogen) atoms. The van der Waals surface area contributed by atoms with E-state index in [0.29, 0.717) is 54.9 Å². The number of carbonyl (C=O) groups is 3. The lowest BCUT2D eigenvalue weighted by atomic mass is 9.94. The SMILES string of the molecule is C=CC(=O)N1CCCC(Nc2nc(N3CCCC[C@H]3CCO)nc3c(CC)cnn23)C1.C=CC(=O)N1CCCC(Nc2nc(N3CCCC[C@H]3CCO)nc3c2N=CC3C(C)C)C1.C=CC(=O)Nc1cccc(Nc2nc(N3CCCC[C@H]3CCO)nc3c(CC)cnn23)c1. The molecule has 5 fully saturated rings. The lowest BCUT2D eigenvalue weighted by molar-refractivity contribution is -0.127. The van der Waals surface area contributed by atoms with E-state index in [1.807, 2.05) is 52.7 Å². The number of hydrogen-bond donors (Lipinski definition) is 7. The monoisotopic (exact) mass is 1300 g/mol. The van der Waals surface area contributed by atoms with Crippen molar-refractivity contribution in [2.45, 2.75) is 179 Å². The zero-order valence-corrected chi connectivity index (χ0v) is 56.0. The van der Waals surface area contributed by atoms with E-state index in [2.05, 4.69) is 93.6 Å². The first-order valence-electron chi connectivity index (χ1n) is 34.5. The number of nitrogens with zero attached hydrogens (tertiary/aromatic N) is 16. The van der Waals surface area contributed by atoms with Crippen LogP contribution in [0.25, 0.3) is 11.3 Å². The van der Waals surface area contributed by atoms with Crippen LogP contribution < -0.4 is 36.0 Å². The average Bonchev–Trinajstić information content (AvgIpc) is 1.72. The predicted molar refractivity (Wildman–Crippen MR) is 374 cm³/mol. The topological polar surface area (TPSA) is 301 Å². The second-order valence-corrected chi connectivity index (χ2v) is 25.8. The standard InChI is InChI=1S/C24H36N6O2.C23H29N7O2.C22H33N7O2/c1-4-20(32)29-11-7-8-17(15-29)26-23-22-21(19(14-25-22)16(2)3)27-24(28-23)30-12-6-5-9-18(30)10-13-31;1-3-16-15-24-30-21(16)27-22(29-12-6-5-10-19(29)11-13-31)28-23(30)26-18-9-7-8-17(14-18)25-20(32)4-2;1-3-16-14-23-29-20(16)25-21(28-12-6-5-9-18(28)10-13-30)26-22(29)24-17-8-7-11-27(15-17)19(31)4-2/h4,14,16-19,31H,1,5-13,15H2,2-3H3,(H,26,27,28);4,7-9,14-15,19,31H,2-3,5-6,10-13H2,1H3,(H,25,32)(H,26,27,28);4,14,17-18,30H,2-3,5-13,15H2,1H3,(H,24,25,26)/t17?,18-,19?;19-;17?,18-/m000/s1. The highest BCUT2D eigenvalue weighted by Gasteiger charge is 2.34. The van der Waals surface area contributed by atoms with E-state index in [1.165, 1.54) is 24.6 Å². The second kappa shape index (κ2) is 33.2. The third kappa shape index (κ3) is 16.7. The molecule has 0 saturated carbocycles. The third-order valence-corrected chi connectivity index (χ3v) is 19.0. The summed E-state index contributed by atoms with van der Waals surface area (Å²) in [5, 5.41) is 50.9. The Kier molecular flexibility index (Phi) is 24.2. The van der Waals surface area contributed by atoms with Crippen molar-refractivity contribution in [3.8, 4) is 0 Å². The van der Waals surface area contributed by atoms with Gasteiger partial charge in [0.2, 0.25) is 47.5 Å². The Balaban J connectivity index is 0.000000155. The number of likely N-dealkylation sites (tertiary alicyclic amines) is 2. The summed E-state index contributed by atoms with van der Waals surface area (Å²) in [5.41, 5.74) is 6.93. The summed E-state index contributed by atoms with van der Waals surface area (Å²) in [6, 6.07) is 8.31. The van der Waals surface area contributed by atoms with Crippen LogP contribution in [0.15, 0.2) is 79.6 Å². The van der Waals surface area contributed by atoms with Gasteiger partial charge in [0.05, 0.1) is 18.1 Å². The second-order valence-electron chi connectivity index (χ2n) is 25.8. The number of rotatable bonds is 22. The minimum atomic E-state index is -0.270. The molecule has 26 heteroatoms. The van der Waals surface area contributed by atoms with Gasteiger partial charge in [-0.05, 0) is 158 Å². The highest BCUT2D eigenvalue weighted by atomic mass is 16.3. The van der Waals surface area contributed by atoms with Crippen LogP contribution in [0.4, 0.5) is 52.6 Å². The molecular formula is C69H98N20O6. The van der Waals surface area contributed by atoms with Crippen LogP contribution in [0.2, 0.25) is 0 Å². The van der Waals surface area contributed by atoms with Crippen LogP contribution in [0.5, 0.6) is 0 Å². The fourth-order valence-corrected chi connectivity index (χ4v) is 13.9. The lowest BCUT2D eigenvalue weighted by Gasteiger charge is -2.36. The Labute approximate surface area is 557 Å². The van der Waals surface area contributed by atoms with Gasteiger partial charge in [0.1, 0.15) is 5.69 Å². The van der Waals surface area contributed by atoms with E-state index < -0.39 is 0 Å². The zero-order chi connectivity index (χ0) is 67.0. The average molecular weight is 1300 g/mol. The predicted octanol–water partition coefficient (Wildman–Crippen LogP) is 8.58. The summed E-state index contributed by atoms with van der Waals surface area (Å²) in [6.45, 7) is 25.2. The number of anilines is 8. The maximum absolute atomic E-state index is 12.1. The molecule has 0 radical (unpaired) electrons. The molecule has 11 heterocycles. The fraction of sp³-hybridized carbons (Fsp3) is 0.565. The van der Waals surface area contributed by atoms with E-state index in [9.17, 15) is 29.7 Å². The van der Waals surface area contributed by atoms with Gasteiger partial charge in [-0.2, -0.15) is 44.1 Å². The van der Waals surface area contributed by atoms with E-state index in [-0.39, 0.29) is 73.7 Å². The molecule has 26 nitrogen and oxygen atoms in total. The molecule has 12 rings (SSSR count). The molecule has 510 valence electrons. The van der Waals surface area contributed by atoms with Gasteiger partial charge in [-0.25, -0.2) is 4.98 Å². The maximum Gasteiger partial charge on any atom is 0.247 e. The van der Waals surface area contributed by atoms with Crippen molar-refractivity contribution in [1.29, 1.82) is 0 Å². The molecule has 6 aromatic rings. The van der Waals surface area contributed by atoms with Gasteiger partial charge in [0, 0.05) is 130 Å². The first-order valence-corrected chi connectivity index (χ1v) is 34.5. The minimum Gasteiger partial charge on any atom is -0.396 e. The minimum absolute atomic E-state index is 0.0249. The highest BCUT2D eigenvalue weighted by molar-refractivity contribution is 5.99. The molecular weight excluding hydrogens is 1200 g/mol.